The van der Waals surface area contributed by atoms with Crippen LogP contribution in [0.4, 0.5) is 0 Å². The van der Waals surface area contributed by atoms with Crippen molar-refractivity contribution in [3.63, 3.8) is 0 Å². The lowest BCUT2D eigenvalue weighted by Gasteiger charge is -2.25. The van der Waals surface area contributed by atoms with Crippen molar-refractivity contribution in [2.45, 2.75) is 38.3 Å². The average Bonchev–Trinajstić information content (AvgIpc) is 2.85. The number of aromatic nitrogens is 2. The molecule has 1 aliphatic heterocycles. The van der Waals surface area contributed by atoms with Crippen LogP contribution in [0, 0.1) is 0 Å². The van der Waals surface area contributed by atoms with Crippen molar-refractivity contribution in [2.75, 3.05) is 13.2 Å². The van der Waals surface area contributed by atoms with Crippen LogP contribution in [0.5, 0.6) is 0 Å². The number of nitrogens with one attached hydrogen (secondary N) is 2. The monoisotopic (exact) mass is 209 g/mol. The van der Waals surface area contributed by atoms with E-state index < -0.39 is 0 Å². The maximum absolute atomic E-state index is 5.72. The number of H-pyrrole nitrogens is 1. The van der Waals surface area contributed by atoms with Crippen LogP contribution in [0.2, 0.25) is 0 Å². The van der Waals surface area contributed by atoms with Gasteiger partial charge in [-0.2, -0.15) is 5.10 Å². The smallest absolute Gasteiger partial charge is 0.0779 e. The normalized spacial score (nSPS) is 28.1. The van der Waals surface area contributed by atoms with E-state index in [0.29, 0.717) is 6.04 Å². The van der Waals surface area contributed by atoms with Crippen molar-refractivity contribution >= 4 is 0 Å². The maximum atomic E-state index is 5.72. The lowest BCUT2D eigenvalue weighted by Crippen LogP contribution is -2.38. The van der Waals surface area contributed by atoms with Gasteiger partial charge in [-0.1, -0.05) is 0 Å². The molecule has 15 heavy (non-hydrogen) atoms. The summed E-state index contributed by atoms with van der Waals surface area (Å²) in [6, 6.07) is 2.30. The third-order valence-electron chi connectivity index (χ3n) is 3.07. The van der Waals surface area contributed by atoms with E-state index in [-0.39, 0.29) is 5.60 Å². The summed E-state index contributed by atoms with van der Waals surface area (Å²) in [5.41, 5.74) is 1.14. The van der Waals surface area contributed by atoms with E-state index in [1.54, 1.807) is 6.20 Å². The first-order chi connectivity index (χ1) is 7.20. The van der Waals surface area contributed by atoms with E-state index in [9.17, 15) is 0 Å². The zero-order valence-corrected chi connectivity index (χ0v) is 9.42. The largest absolute Gasteiger partial charge is 0.374 e. The molecule has 1 saturated heterocycles. The molecule has 0 spiro atoms. The van der Waals surface area contributed by atoms with Gasteiger partial charge in [-0.15, -0.1) is 0 Å². The SMILES string of the molecule is CC(NCC1(C)CCCO1)c1ccn[nH]1. The number of nitrogens with zero attached hydrogens (tertiary/aromatic N) is 1. The van der Waals surface area contributed by atoms with Crippen molar-refractivity contribution in [2.24, 2.45) is 0 Å². The Morgan fingerprint density at radius 3 is 3.20 bits per heavy atom. The predicted molar refractivity (Wildman–Crippen MR) is 58.6 cm³/mol. The Morgan fingerprint density at radius 2 is 2.60 bits per heavy atom. The molecular formula is C11H19N3O. The standard InChI is InChI=1S/C11H19N3O/c1-9(10-4-6-13-14-10)12-8-11(2)5-3-7-15-11/h4,6,9,12H,3,5,7-8H2,1-2H3,(H,13,14). The fourth-order valence-corrected chi connectivity index (χ4v) is 1.96. The van der Waals surface area contributed by atoms with Gasteiger partial charge < -0.3 is 10.1 Å². The third kappa shape index (κ3) is 2.58. The van der Waals surface area contributed by atoms with Crippen LogP contribution in [-0.4, -0.2) is 29.0 Å². The van der Waals surface area contributed by atoms with Crippen LogP contribution in [0.1, 0.15) is 38.4 Å². The van der Waals surface area contributed by atoms with E-state index in [4.69, 9.17) is 4.74 Å². The van der Waals surface area contributed by atoms with Gasteiger partial charge in [-0.3, -0.25) is 5.10 Å². The molecule has 1 aromatic heterocycles. The number of rotatable bonds is 4. The second-order valence-electron chi connectivity index (χ2n) is 4.52. The summed E-state index contributed by atoms with van der Waals surface area (Å²) in [4.78, 5) is 0. The second kappa shape index (κ2) is 4.33. The zero-order valence-electron chi connectivity index (χ0n) is 9.42. The summed E-state index contributed by atoms with van der Waals surface area (Å²) in [5.74, 6) is 0. The molecule has 0 saturated carbocycles. The molecule has 4 heteroatoms. The van der Waals surface area contributed by atoms with Crippen LogP contribution in [0.25, 0.3) is 0 Å². The van der Waals surface area contributed by atoms with Gasteiger partial charge in [0.25, 0.3) is 0 Å². The molecule has 2 atom stereocenters. The lowest BCUT2D eigenvalue weighted by atomic mass is 10.0. The quantitative estimate of drug-likeness (QED) is 0.792. The minimum absolute atomic E-state index is 0.0221. The Hall–Kier alpha value is -0.870. The average molecular weight is 209 g/mol. The first kappa shape index (κ1) is 10.6. The van der Waals surface area contributed by atoms with Crippen LogP contribution < -0.4 is 5.32 Å². The number of hydrogen-bond acceptors (Lipinski definition) is 3. The second-order valence-corrected chi connectivity index (χ2v) is 4.52. The van der Waals surface area contributed by atoms with E-state index in [0.717, 1.165) is 25.3 Å². The fraction of sp³-hybridized carbons (Fsp3) is 0.727. The van der Waals surface area contributed by atoms with Gasteiger partial charge in [0.15, 0.2) is 0 Å². The molecule has 0 aliphatic carbocycles. The molecule has 2 heterocycles. The van der Waals surface area contributed by atoms with Crippen molar-refractivity contribution in [3.8, 4) is 0 Å². The first-order valence-electron chi connectivity index (χ1n) is 5.56. The molecule has 1 aliphatic rings. The Balaban J connectivity index is 1.83. The highest BCUT2D eigenvalue weighted by molar-refractivity contribution is 5.03. The molecular weight excluding hydrogens is 190 g/mol. The Kier molecular flexibility index (Phi) is 3.07. The van der Waals surface area contributed by atoms with Gasteiger partial charge in [0.05, 0.1) is 11.3 Å². The van der Waals surface area contributed by atoms with Gasteiger partial charge in [0.2, 0.25) is 0 Å². The van der Waals surface area contributed by atoms with Gasteiger partial charge in [-0.25, -0.2) is 0 Å². The molecule has 4 nitrogen and oxygen atoms in total. The van der Waals surface area contributed by atoms with E-state index in [1.807, 2.05) is 6.07 Å². The van der Waals surface area contributed by atoms with Crippen LogP contribution in [0.15, 0.2) is 12.3 Å². The fourth-order valence-electron chi connectivity index (χ4n) is 1.96. The Bertz CT molecular complexity index is 291. The molecule has 0 radical (unpaired) electrons. The van der Waals surface area contributed by atoms with Crippen molar-refractivity contribution in [1.29, 1.82) is 0 Å². The Morgan fingerprint density at radius 1 is 1.73 bits per heavy atom. The zero-order chi connectivity index (χ0) is 10.7. The molecule has 84 valence electrons. The van der Waals surface area contributed by atoms with Gasteiger partial charge in [0, 0.05) is 25.4 Å². The molecule has 0 amide bonds. The third-order valence-corrected chi connectivity index (χ3v) is 3.07. The highest BCUT2D eigenvalue weighted by atomic mass is 16.5. The highest BCUT2D eigenvalue weighted by Crippen LogP contribution is 2.24. The number of hydrogen-bond donors (Lipinski definition) is 2. The van der Waals surface area contributed by atoms with Crippen LogP contribution in [-0.2, 0) is 4.74 Å². The van der Waals surface area contributed by atoms with Crippen molar-refractivity contribution in [3.05, 3.63) is 18.0 Å². The van der Waals surface area contributed by atoms with Crippen molar-refractivity contribution in [1.82, 2.24) is 15.5 Å². The van der Waals surface area contributed by atoms with Crippen LogP contribution >= 0.6 is 0 Å². The van der Waals surface area contributed by atoms with E-state index in [1.165, 1.54) is 6.42 Å². The summed E-state index contributed by atoms with van der Waals surface area (Å²) in [5, 5.41) is 10.4. The molecule has 1 fully saturated rings. The highest BCUT2D eigenvalue weighted by Gasteiger charge is 2.29. The first-order valence-corrected chi connectivity index (χ1v) is 5.56. The van der Waals surface area contributed by atoms with Crippen molar-refractivity contribution < 1.29 is 4.74 Å². The molecule has 0 bridgehead atoms. The summed E-state index contributed by atoms with van der Waals surface area (Å²) >= 11 is 0. The van der Waals surface area contributed by atoms with E-state index in [2.05, 4.69) is 29.4 Å². The molecule has 0 aromatic carbocycles. The number of ether oxygens (including phenoxy) is 1. The lowest BCUT2D eigenvalue weighted by molar-refractivity contribution is 0.0190. The van der Waals surface area contributed by atoms with Crippen LogP contribution in [0.3, 0.4) is 0 Å². The van der Waals surface area contributed by atoms with Gasteiger partial charge >= 0.3 is 0 Å². The Labute approximate surface area is 90.4 Å². The summed E-state index contributed by atoms with van der Waals surface area (Å²) in [6.07, 6.45) is 4.10. The molecule has 2 rings (SSSR count). The minimum atomic E-state index is 0.0221. The molecule has 2 unspecified atom stereocenters. The number of aromatic amines is 1. The summed E-state index contributed by atoms with van der Waals surface area (Å²) in [7, 11) is 0. The maximum Gasteiger partial charge on any atom is 0.0779 e. The van der Waals surface area contributed by atoms with E-state index >= 15 is 0 Å². The minimum Gasteiger partial charge on any atom is -0.374 e. The van der Waals surface area contributed by atoms with Gasteiger partial charge in [-0.05, 0) is 32.8 Å². The molecule has 2 N–H and O–H groups in total. The summed E-state index contributed by atoms with van der Waals surface area (Å²) in [6.45, 7) is 6.10. The van der Waals surface area contributed by atoms with Gasteiger partial charge in [0.1, 0.15) is 0 Å². The topological polar surface area (TPSA) is 49.9 Å². The predicted octanol–water partition coefficient (Wildman–Crippen LogP) is 1.63. The summed E-state index contributed by atoms with van der Waals surface area (Å²) < 4.78 is 5.72. The molecule has 1 aromatic rings.